The summed E-state index contributed by atoms with van der Waals surface area (Å²) in [5.41, 5.74) is -2.13. The maximum absolute atomic E-state index is 13.0. The van der Waals surface area contributed by atoms with Crippen molar-refractivity contribution in [1.82, 2.24) is 4.98 Å². The van der Waals surface area contributed by atoms with Crippen molar-refractivity contribution in [1.29, 1.82) is 0 Å². The minimum Gasteiger partial charge on any atom is -0.462 e. The molecular weight excluding hydrogens is 338 g/mol. The molecule has 0 aliphatic carbocycles. The quantitative estimate of drug-likeness (QED) is 0.615. The third kappa shape index (κ3) is 3.41. The summed E-state index contributed by atoms with van der Waals surface area (Å²) in [7, 11) is 0. The first-order chi connectivity index (χ1) is 9.32. The lowest BCUT2D eigenvalue weighted by Gasteiger charge is -2.16. The summed E-state index contributed by atoms with van der Waals surface area (Å²) in [5, 5.41) is -2.18. The molecule has 0 spiro atoms. The highest BCUT2D eigenvalue weighted by atomic mass is 32.1. The van der Waals surface area contributed by atoms with Crippen LogP contribution in [0, 0.1) is 0 Å². The number of alkyl halides is 8. The molecule has 0 aromatic carbocycles. The molecule has 120 valence electrons. The van der Waals surface area contributed by atoms with Crippen molar-refractivity contribution in [3.05, 3.63) is 15.6 Å². The van der Waals surface area contributed by atoms with Gasteiger partial charge < -0.3 is 4.74 Å². The first kappa shape index (κ1) is 17.6. The van der Waals surface area contributed by atoms with Crippen LogP contribution in [0.4, 0.5) is 35.1 Å². The number of carbonyl (C=O) groups excluding carboxylic acids is 1. The highest BCUT2D eigenvalue weighted by Gasteiger charge is 2.62. The van der Waals surface area contributed by atoms with Gasteiger partial charge in [0.1, 0.15) is 4.88 Å². The number of hydrogen-bond donors (Lipinski definition) is 0. The van der Waals surface area contributed by atoms with Crippen LogP contribution >= 0.6 is 11.3 Å². The van der Waals surface area contributed by atoms with Crippen LogP contribution < -0.4 is 0 Å². The maximum atomic E-state index is 13.0. The second kappa shape index (κ2) is 5.39. The molecular formula is C9H5F8NO2S. The van der Waals surface area contributed by atoms with E-state index in [9.17, 15) is 39.9 Å². The van der Waals surface area contributed by atoms with E-state index in [2.05, 4.69) is 9.72 Å². The molecule has 0 atom stereocenters. The average molecular weight is 343 g/mol. The summed E-state index contributed by atoms with van der Waals surface area (Å²) in [4.78, 5) is 12.0. The Morgan fingerprint density at radius 2 is 1.67 bits per heavy atom. The van der Waals surface area contributed by atoms with E-state index in [1.54, 1.807) is 0 Å². The summed E-state index contributed by atoms with van der Waals surface area (Å²) >= 11 is -0.707. The van der Waals surface area contributed by atoms with E-state index in [1.165, 1.54) is 6.92 Å². The molecule has 12 heteroatoms. The minimum atomic E-state index is -6.14. The van der Waals surface area contributed by atoms with E-state index in [0.717, 1.165) is 0 Å². The zero-order valence-electron chi connectivity index (χ0n) is 9.90. The topological polar surface area (TPSA) is 39.2 Å². The first-order valence-electron chi connectivity index (χ1n) is 5.02. The summed E-state index contributed by atoms with van der Waals surface area (Å²) in [6.07, 6.45) is -11.5. The van der Waals surface area contributed by atoms with Crippen molar-refractivity contribution in [3.63, 3.8) is 0 Å². The van der Waals surface area contributed by atoms with Crippen LogP contribution in [0.5, 0.6) is 0 Å². The van der Waals surface area contributed by atoms with Gasteiger partial charge in [-0.1, -0.05) is 0 Å². The van der Waals surface area contributed by atoms with Crippen molar-refractivity contribution in [2.24, 2.45) is 0 Å². The molecule has 1 rings (SSSR count). The Morgan fingerprint density at radius 1 is 1.14 bits per heavy atom. The van der Waals surface area contributed by atoms with Crippen LogP contribution in [-0.4, -0.2) is 23.7 Å². The monoisotopic (exact) mass is 343 g/mol. The predicted octanol–water partition coefficient (Wildman–Crippen LogP) is 3.99. The molecule has 3 nitrogen and oxygen atoms in total. The molecule has 0 radical (unpaired) electrons. The summed E-state index contributed by atoms with van der Waals surface area (Å²) < 4.78 is 104. The van der Waals surface area contributed by atoms with E-state index in [0.29, 0.717) is 0 Å². The fourth-order valence-electron chi connectivity index (χ4n) is 1.10. The lowest BCUT2D eigenvalue weighted by molar-refractivity contribution is -0.289. The van der Waals surface area contributed by atoms with Gasteiger partial charge in [-0.2, -0.15) is 35.1 Å². The molecule has 0 amide bonds. The lowest BCUT2D eigenvalue weighted by Crippen LogP contribution is -2.33. The molecule has 0 saturated carbocycles. The van der Waals surface area contributed by atoms with Crippen LogP contribution in [0.1, 0.15) is 27.3 Å². The molecule has 0 saturated heterocycles. The number of carbonyl (C=O) groups is 1. The fraction of sp³-hybridized carbons (Fsp3) is 0.556. The summed E-state index contributed by atoms with van der Waals surface area (Å²) in [6, 6.07) is 0. The van der Waals surface area contributed by atoms with Gasteiger partial charge in [-0.25, -0.2) is 9.78 Å². The maximum Gasteiger partial charge on any atom is 0.460 e. The molecule has 0 aliphatic rings. The third-order valence-electron chi connectivity index (χ3n) is 1.98. The fourth-order valence-corrected chi connectivity index (χ4v) is 2.08. The van der Waals surface area contributed by atoms with E-state index in [-0.39, 0.29) is 6.61 Å². The van der Waals surface area contributed by atoms with Crippen molar-refractivity contribution in [3.8, 4) is 0 Å². The summed E-state index contributed by atoms with van der Waals surface area (Å²) in [5.74, 6) is -7.28. The van der Waals surface area contributed by atoms with Gasteiger partial charge in [0.15, 0.2) is 10.7 Å². The van der Waals surface area contributed by atoms with E-state index in [4.69, 9.17) is 0 Å². The SMILES string of the molecule is CCOC(=O)c1sc(C(F)(F)C(F)(F)F)nc1C(F)(F)F. The van der Waals surface area contributed by atoms with E-state index < -0.39 is 51.2 Å². The third-order valence-corrected chi connectivity index (χ3v) is 3.09. The molecule has 0 aliphatic heterocycles. The van der Waals surface area contributed by atoms with Crippen LogP contribution in [0.3, 0.4) is 0 Å². The number of ether oxygens (including phenoxy) is 1. The number of rotatable bonds is 3. The number of hydrogen-bond acceptors (Lipinski definition) is 4. The molecule has 0 fully saturated rings. The smallest absolute Gasteiger partial charge is 0.460 e. The summed E-state index contributed by atoms with van der Waals surface area (Å²) in [6.45, 7) is 0.830. The van der Waals surface area contributed by atoms with Crippen LogP contribution in [0.25, 0.3) is 0 Å². The Balaban J connectivity index is 3.44. The average Bonchev–Trinajstić information content (AvgIpc) is 2.72. The van der Waals surface area contributed by atoms with Gasteiger partial charge in [0, 0.05) is 0 Å². The number of thiazole rings is 1. The molecule has 0 bridgehead atoms. The van der Waals surface area contributed by atoms with Crippen LogP contribution in [-0.2, 0) is 16.8 Å². The molecule has 1 aromatic heterocycles. The largest absolute Gasteiger partial charge is 0.462 e. The van der Waals surface area contributed by atoms with E-state index >= 15 is 0 Å². The van der Waals surface area contributed by atoms with E-state index in [1.807, 2.05) is 0 Å². The van der Waals surface area contributed by atoms with Gasteiger partial charge in [0.25, 0.3) is 0 Å². The second-order valence-corrected chi connectivity index (χ2v) is 4.49. The van der Waals surface area contributed by atoms with Crippen LogP contribution in [0.15, 0.2) is 0 Å². The number of halogens is 8. The Hall–Kier alpha value is -1.46. The Bertz CT molecular complexity index is 533. The molecule has 21 heavy (non-hydrogen) atoms. The van der Waals surface area contributed by atoms with Gasteiger partial charge in [0.2, 0.25) is 0 Å². The highest BCUT2D eigenvalue weighted by molar-refractivity contribution is 7.13. The standard InChI is InChI=1S/C9H5F8NO2S/c1-2-20-5(19)3-4(8(12,13)14)18-6(21-3)7(10,11)9(15,16)17/h2H2,1H3. The van der Waals surface area contributed by atoms with Crippen molar-refractivity contribution >= 4 is 17.3 Å². The highest BCUT2D eigenvalue weighted by Crippen LogP contribution is 2.47. The predicted molar refractivity (Wildman–Crippen MR) is 53.0 cm³/mol. The van der Waals surface area contributed by atoms with Gasteiger partial charge in [-0.05, 0) is 6.92 Å². The molecule has 0 N–H and O–H groups in total. The molecule has 0 unspecified atom stereocenters. The van der Waals surface area contributed by atoms with Gasteiger partial charge in [-0.15, -0.1) is 11.3 Å². The lowest BCUT2D eigenvalue weighted by atomic mass is 10.3. The van der Waals surface area contributed by atoms with Crippen molar-refractivity contribution in [2.45, 2.75) is 25.2 Å². The van der Waals surface area contributed by atoms with Gasteiger partial charge in [-0.3, -0.25) is 0 Å². The Labute approximate surface area is 115 Å². The van der Waals surface area contributed by atoms with Gasteiger partial charge in [0.05, 0.1) is 6.61 Å². The number of esters is 1. The Kier molecular flexibility index (Phi) is 4.51. The zero-order chi connectivity index (χ0) is 16.6. The minimum absolute atomic E-state index is 0.390. The molecule has 1 aromatic rings. The number of aromatic nitrogens is 1. The molecule has 1 heterocycles. The number of nitrogens with zero attached hydrogens (tertiary/aromatic N) is 1. The zero-order valence-corrected chi connectivity index (χ0v) is 10.7. The van der Waals surface area contributed by atoms with Crippen LogP contribution in [0.2, 0.25) is 0 Å². The Morgan fingerprint density at radius 3 is 2.05 bits per heavy atom. The first-order valence-corrected chi connectivity index (χ1v) is 5.84. The van der Waals surface area contributed by atoms with Gasteiger partial charge >= 0.3 is 24.2 Å². The normalized spacial score (nSPS) is 13.4. The van der Waals surface area contributed by atoms with Crippen molar-refractivity contribution < 1.29 is 44.7 Å². The van der Waals surface area contributed by atoms with Crippen molar-refractivity contribution in [2.75, 3.05) is 6.61 Å². The second-order valence-electron chi connectivity index (χ2n) is 3.49.